The Morgan fingerprint density at radius 2 is 2.15 bits per heavy atom. The van der Waals surface area contributed by atoms with Crippen molar-refractivity contribution in [1.29, 1.82) is 0 Å². The van der Waals surface area contributed by atoms with E-state index < -0.39 is 0 Å². The third kappa shape index (κ3) is 2.51. The zero-order chi connectivity index (χ0) is 13.9. The van der Waals surface area contributed by atoms with E-state index in [2.05, 4.69) is 15.5 Å². The van der Waals surface area contributed by atoms with Crippen molar-refractivity contribution >= 4 is 18.1 Å². The van der Waals surface area contributed by atoms with E-state index in [0.29, 0.717) is 11.3 Å². The highest BCUT2D eigenvalue weighted by Crippen LogP contribution is 2.23. The predicted octanol–water partition coefficient (Wildman–Crippen LogP) is 1.98. The topological polar surface area (TPSA) is 62.7 Å². The Labute approximate surface area is 122 Å². The Bertz CT molecular complexity index is 661. The number of rotatable bonds is 3. The molecule has 1 amide bonds. The van der Waals surface area contributed by atoms with Crippen LogP contribution in [-0.2, 0) is 11.3 Å². The third-order valence-electron chi connectivity index (χ3n) is 3.57. The summed E-state index contributed by atoms with van der Waals surface area (Å²) < 4.78 is 2.47. The van der Waals surface area contributed by atoms with Gasteiger partial charge in [-0.15, -0.1) is 0 Å². The SMILES string of the molecule is O=C1NCCCC1c1n[nH]c(=S)n1Cc1ccccc1. The molecule has 1 aromatic carbocycles. The van der Waals surface area contributed by atoms with Crippen LogP contribution < -0.4 is 5.32 Å². The van der Waals surface area contributed by atoms with E-state index in [9.17, 15) is 4.79 Å². The van der Waals surface area contributed by atoms with Crippen LogP contribution in [0, 0.1) is 4.77 Å². The van der Waals surface area contributed by atoms with Gasteiger partial charge in [-0.1, -0.05) is 30.3 Å². The molecule has 1 unspecified atom stereocenters. The quantitative estimate of drug-likeness (QED) is 0.849. The lowest BCUT2D eigenvalue weighted by molar-refractivity contribution is -0.124. The fraction of sp³-hybridized carbons (Fsp3) is 0.357. The Morgan fingerprint density at radius 1 is 1.35 bits per heavy atom. The molecule has 1 aliphatic rings. The molecule has 1 saturated heterocycles. The third-order valence-corrected chi connectivity index (χ3v) is 3.88. The summed E-state index contributed by atoms with van der Waals surface area (Å²) in [7, 11) is 0. The van der Waals surface area contributed by atoms with Gasteiger partial charge in [-0.25, -0.2) is 0 Å². The van der Waals surface area contributed by atoms with Gasteiger partial charge < -0.3 is 5.32 Å². The summed E-state index contributed by atoms with van der Waals surface area (Å²) in [6.07, 6.45) is 1.79. The van der Waals surface area contributed by atoms with Crippen molar-refractivity contribution in [3.63, 3.8) is 0 Å². The van der Waals surface area contributed by atoms with Crippen LogP contribution in [0.1, 0.15) is 30.1 Å². The summed E-state index contributed by atoms with van der Waals surface area (Å²) in [5, 5.41) is 9.97. The molecular weight excluding hydrogens is 272 g/mol. The van der Waals surface area contributed by atoms with Crippen molar-refractivity contribution in [1.82, 2.24) is 20.1 Å². The van der Waals surface area contributed by atoms with Gasteiger partial charge in [0, 0.05) is 6.54 Å². The average Bonchev–Trinajstić information content (AvgIpc) is 2.82. The fourth-order valence-electron chi connectivity index (χ4n) is 2.53. The summed E-state index contributed by atoms with van der Waals surface area (Å²) >= 11 is 5.29. The van der Waals surface area contributed by atoms with Crippen molar-refractivity contribution in [3.8, 4) is 0 Å². The highest BCUT2D eigenvalue weighted by molar-refractivity contribution is 7.71. The number of hydrogen-bond acceptors (Lipinski definition) is 3. The second kappa shape index (κ2) is 5.58. The molecule has 0 spiro atoms. The minimum atomic E-state index is -0.208. The first-order valence-electron chi connectivity index (χ1n) is 6.72. The first-order valence-corrected chi connectivity index (χ1v) is 7.13. The maximum atomic E-state index is 12.0. The summed E-state index contributed by atoms with van der Waals surface area (Å²) in [5.74, 6) is 0.566. The molecule has 2 heterocycles. The zero-order valence-corrected chi connectivity index (χ0v) is 11.8. The minimum absolute atomic E-state index is 0.0413. The van der Waals surface area contributed by atoms with E-state index in [1.807, 2.05) is 34.9 Å². The van der Waals surface area contributed by atoms with E-state index in [1.165, 1.54) is 0 Å². The number of carbonyl (C=O) groups is 1. The number of carbonyl (C=O) groups excluding carboxylic acids is 1. The number of nitrogens with one attached hydrogen (secondary N) is 2. The van der Waals surface area contributed by atoms with Crippen molar-refractivity contribution in [2.45, 2.75) is 25.3 Å². The first-order chi connectivity index (χ1) is 9.75. The van der Waals surface area contributed by atoms with Gasteiger partial charge in [-0.2, -0.15) is 5.10 Å². The maximum Gasteiger partial charge on any atom is 0.230 e. The molecule has 5 nitrogen and oxygen atoms in total. The van der Waals surface area contributed by atoms with E-state index in [1.54, 1.807) is 0 Å². The van der Waals surface area contributed by atoms with Crippen LogP contribution >= 0.6 is 12.2 Å². The number of aromatic amines is 1. The van der Waals surface area contributed by atoms with E-state index in [-0.39, 0.29) is 11.8 Å². The number of piperidine rings is 1. The van der Waals surface area contributed by atoms with Gasteiger partial charge >= 0.3 is 0 Å². The molecular formula is C14H16N4OS. The Hall–Kier alpha value is -1.95. The predicted molar refractivity (Wildman–Crippen MR) is 77.9 cm³/mol. The van der Waals surface area contributed by atoms with Crippen molar-refractivity contribution in [2.75, 3.05) is 6.54 Å². The maximum absolute atomic E-state index is 12.0. The zero-order valence-electron chi connectivity index (χ0n) is 11.0. The monoisotopic (exact) mass is 288 g/mol. The molecule has 1 atom stereocenters. The van der Waals surface area contributed by atoms with Gasteiger partial charge in [0.15, 0.2) is 4.77 Å². The summed E-state index contributed by atoms with van der Waals surface area (Å²) in [5.41, 5.74) is 1.14. The summed E-state index contributed by atoms with van der Waals surface area (Å²) in [4.78, 5) is 12.0. The van der Waals surface area contributed by atoms with Crippen molar-refractivity contribution < 1.29 is 4.79 Å². The van der Waals surface area contributed by atoms with Crippen LogP contribution in [0.5, 0.6) is 0 Å². The van der Waals surface area contributed by atoms with E-state index in [4.69, 9.17) is 12.2 Å². The Kier molecular flexibility index (Phi) is 3.64. The second-order valence-electron chi connectivity index (χ2n) is 4.94. The number of amides is 1. The normalized spacial score (nSPS) is 18.8. The Balaban J connectivity index is 1.93. The molecule has 2 N–H and O–H groups in total. The summed E-state index contributed by atoms with van der Waals surface area (Å²) in [6, 6.07) is 10.0. The van der Waals surface area contributed by atoms with Crippen LogP contribution in [0.3, 0.4) is 0 Å². The molecule has 0 bridgehead atoms. The van der Waals surface area contributed by atoms with E-state index in [0.717, 1.165) is 30.8 Å². The van der Waals surface area contributed by atoms with Crippen molar-refractivity contribution in [3.05, 3.63) is 46.5 Å². The molecule has 0 radical (unpaired) electrons. The lowest BCUT2D eigenvalue weighted by atomic mass is 9.98. The number of aromatic nitrogens is 3. The number of benzene rings is 1. The van der Waals surface area contributed by atoms with Crippen LogP contribution in [0.4, 0.5) is 0 Å². The number of hydrogen-bond donors (Lipinski definition) is 2. The number of nitrogens with zero attached hydrogens (tertiary/aromatic N) is 2. The van der Waals surface area contributed by atoms with Gasteiger partial charge in [0.2, 0.25) is 5.91 Å². The van der Waals surface area contributed by atoms with Gasteiger partial charge in [0.1, 0.15) is 5.82 Å². The van der Waals surface area contributed by atoms with Crippen LogP contribution in [0.15, 0.2) is 30.3 Å². The molecule has 1 fully saturated rings. The number of H-pyrrole nitrogens is 1. The fourth-order valence-corrected chi connectivity index (χ4v) is 2.74. The molecule has 6 heteroatoms. The second-order valence-corrected chi connectivity index (χ2v) is 5.33. The van der Waals surface area contributed by atoms with Gasteiger partial charge in [-0.05, 0) is 30.6 Å². The molecule has 104 valence electrons. The van der Waals surface area contributed by atoms with Crippen molar-refractivity contribution in [2.24, 2.45) is 0 Å². The molecule has 3 rings (SSSR count). The molecule has 1 aliphatic heterocycles. The standard InChI is InChI=1S/C14H16N4OS/c19-13-11(7-4-8-15-13)12-16-17-14(20)18(12)9-10-5-2-1-3-6-10/h1-3,5-6,11H,4,7-9H2,(H,15,19)(H,17,20). The van der Waals surface area contributed by atoms with Crippen LogP contribution in [0.2, 0.25) is 0 Å². The van der Waals surface area contributed by atoms with Gasteiger partial charge in [0.05, 0.1) is 12.5 Å². The summed E-state index contributed by atoms with van der Waals surface area (Å²) in [6.45, 7) is 1.38. The van der Waals surface area contributed by atoms with Crippen LogP contribution in [0.25, 0.3) is 0 Å². The largest absolute Gasteiger partial charge is 0.355 e. The van der Waals surface area contributed by atoms with Gasteiger partial charge in [0.25, 0.3) is 0 Å². The smallest absolute Gasteiger partial charge is 0.230 e. The Morgan fingerprint density at radius 3 is 2.90 bits per heavy atom. The lowest BCUT2D eigenvalue weighted by Crippen LogP contribution is -2.36. The first kappa shape index (κ1) is 13.1. The lowest BCUT2D eigenvalue weighted by Gasteiger charge is -2.21. The highest BCUT2D eigenvalue weighted by Gasteiger charge is 2.28. The van der Waals surface area contributed by atoms with E-state index >= 15 is 0 Å². The highest BCUT2D eigenvalue weighted by atomic mass is 32.1. The molecule has 20 heavy (non-hydrogen) atoms. The molecule has 1 aromatic heterocycles. The van der Waals surface area contributed by atoms with Crippen LogP contribution in [-0.4, -0.2) is 27.2 Å². The van der Waals surface area contributed by atoms with Gasteiger partial charge in [-0.3, -0.25) is 14.5 Å². The minimum Gasteiger partial charge on any atom is -0.355 e. The molecule has 0 saturated carbocycles. The average molecular weight is 288 g/mol. The molecule has 2 aromatic rings. The molecule has 0 aliphatic carbocycles.